The highest BCUT2D eigenvalue weighted by Gasteiger charge is 2.39. The number of amides is 1. The summed E-state index contributed by atoms with van der Waals surface area (Å²) in [6, 6.07) is 12.1. The van der Waals surface area contributed by atoms with Crippen LogP contribution < -0.4 is 15.1 Å². The number of carbonyl (C=O) groups excluding carboxylic acids is 2. The molecule has 2 N–H and O–H groups in total. The van der Waals surface area contributed by atoms with Gasteiger partial charge in [0.05, 0.1) is 19.8 Å². The number of aliphatic hydroxyl groups excluding tert-OH is 1. The molecule has 0 saturated heterocycles. The number of methoxy groups -OCH3 is 2. The molecule has 0 bridgehead atoms. The van der Waals surface area contributed by atoms with Crippen LogP contribution in [-0.4, -0.2) is 50.6 Å². The van der Waals surface area contributed by atoms with Gasteiger partial charge >= 0.3 is 5.97 Å². The fourth-order valence-electron chi connectivity index (χ4n) is 3.90. The first-order valence-electron chi connectivity index (χ1n) is 10.6. The van der Waals surface area contributed by atoms with E-state index < -0.39 is 11.9 Å². The fraction of sp³-hybridized carbons (Fsp3) is 0.320. The van der Waals surface area contributed by atoms with E-state index in [0.717, 1.165) is 22.7 Å². The van der Waals surface area contributed by atoms with Crippen molar-refractivity contribution in [3.05, 3.63) is 70.9 Å². The largest absolute Gasteiger partial charge is 0.497 e. The smallest absolute Gasteiger partial charge is 0.337 e. The molecule has 2 aromatic rings. The van der Waals surface area contributed by atoms with Crippen LogP contribution >= 0.6 is 0 Å². The molecule has 8 nitrogen and oxygen atoms in total. The summed E-state index contributed by atoms with van der Waals surface area (Å²) < 4.78 is 10.1. The Balaban J connectivity index is 1.77. The van der Waals surface area contributed by atoms with Crippen LogP contribution in [0.3, 0.4) is 0 Å². The van der Waals surface area contributed by atoms with E-state index in [1.165, 1.54) is 31.4 Å². The number of hydrazone groups is 1. The van der Waals surface area contributed by atoms with Crippen LogP contribution in [0.2, 0.25) is 0 Å². The molecule has 0 aromatic heterocycles. The number of carbonyl (C=O) groups is 2. The number of hydrogen-bond acceptors (Lipinski definition) is 7. The van der Waals surface area contributed by atoms with Crippen LogP contribution in [0.25, 0.3) is 0 Å². The Morgan fingerprint density at radius 3 is 2.45 bits per heavy atom. The van der Waals surface area contributed by atoms with E-state index in [2.05, 4.69) is 34.0 Å². The number of benzene rings is 2. The molecule has 0 unspecified atom stereocenters. The van der Waals surface area contributed by atoms with E-state index in [0.29, 0.717) is 24.1 Å². The molecule has 0 fully saturated rings. The van der Waals surface area contributed by atoms with Gasteiger partial charge in [0, 0.05) is 41.7 Å². The average molecular weight is 452 g/mol. The van der Waals surface area contributed by atoms with Gasteiger partial charge in [0.1, 0.15) is 5.75 Å². The van der Waals surface area contributed by atoms with Gasteiger partial charge in [0.15, 0.2) is 0 Å². The summed E-state index contributed by atoms with van der Waals surface area (Å²) >= 11 is 0. The normalized spacial score (nSPS) is 15.5. The predicted molar refractivity (Wildman–Crippen MR) is 127 cm³/mol. The zero-order valence-electron chi connectivity index (χ0n) is 19.3. The molecule has 0 saturated carbocycles. The van der Waals surface area contributed by atoms with Crippen molar-refractivity contribution in [1.82, 2.24) is 5.43 Å². The molecule has 8 heteroatoms. The number of ether oxygens (including phenoxy) is 2. The van der Waals surface area contributed by atoms with Crippen LogP contribution in [-0.2, 0) is 10.2 Å². The lowest BCUT2D eigenvalue weighted by Gasteiger charge is -2.26. The molecule has 1 aliphatic heterocycles. The number of rotatable bonds is 8. The zero-order valence-corrected chi connectivity index (χ0v) is 19.3. The third-order valence-electron chi connectivity index (χ3n) is 5.68. The number of nitrogens with one attached hydrogen (secondary N) is 1. The zero-order chi connectivity index (χ0) is 24.0. The van der Waals surface area contributed by atoms with Gasteiger partial charge in [0.2, 0.25) is 0 Å². The summed E-state index contributed by atoms with van der Waals surface area (Å²) in [6.07, 6.45) is 4.03. The van der Waals surface area contributed by atoms with Crippen molar-refractivity contribution in [3.8, 4) is 5.75 Å². The monoisotopic (exact) mass is 451 g/mol. The van der Waals surface area contributed by atoms with Gasteiger partial charge in [-0.25, -0.2) is 10.2 Å². The predicted octanol–water partition coefficient (Wildman–Crippen LogP) is 3.26. The minimum Gasteiger partial charge on any atom is -0.497 e. The molecule has 33 heavy (non-hydrogen) atoms. The molecule has 0 radical (unpaired) electrons. The Hall–Kier alpha value is -3.65. The van der Waals surface area contributed by atoms with Gasteiger partial charge in [-0.2, -0.15) is 5.10 Å². The van der Waals surface area contributed by atoms with Crippen LogP contribution in [0.15, 0.2) is 59.3 Å². The topological polar surface area (TPSA) is 100 Å². The van der Waals surface area contributed by atoms with E-state index >= 15 is 0 Å². The minimum absolute atomic E-state index is 0.0919. The van der Waals surface area contributed by atoms with Crippen molar-refractivity contribution in [2.24, 2.45) is 5.10 Å². The maximum absolute atomic E-state index is 12.4. The number of anilines is 1. The van der Waals surface area contributed by atoms with Crippen molar-refractivity contribution in [1.29, 1.82) is 0 Å². The highest BCUT2D eigenvalue weighted by molar-refractivity contribution is 5.96. The first-order valence-corrected chi connectivity index (χ1v) is 10.6. The van der Waals surface area contributed by atoms with E-state index in [4.69, 9.17) is 4.74 Å². The molecule has 0 spiro atoms. The molecule has 3 rings (SSSR count). The Kier molecular flexibility index (Phi) is 7.50. The quantitative estimate of drug-likeness (QED) is 0.363. The number of allylic oxidation sites excluding steroid dienone is 2. The molecule has 1 heterocycles. The molecule has 0 aliphatic carbocycles. The Morgan fingerprint density at radius 2 is 1.82 bits per heavy atom. The summed E-state index contributed by atoms with van der Waals surface area (Å²) in [4.78, 5) is 26.0. The lowest BCUT2D eigenvalue weighted by atomic mass is 9.83. The van der Waals surface area contributed by atoms with Crippen LogP contribution in [0.5, 0.6) is 5.75 Å². The molecule has 174 valence electrons. The third kappa shape index (κ3) is 5.06. The van der Waals surface area contributed by atoms with E-state index in [9.17, 15) is 14.7 Å². The molecule has 1 amide bonds. The Labute approximate surface area is 193 Å². The van der Waals surface area contributed by atoms with Gasteiger partial charge in [-0.3, -0.25) is 4.79 Å². The fourth-order valence-corrected chi connectivity index (χ4v) is 3.90. The van der Waals surface area contributed by atoms with Gasteiger partial charge in [-0.1, -0.05) is 13.8 Å². The summed E-state index contributed by atoms with van der Waals surface area (Å²) in [6.45, 7) is 4.98. The standard InChI is InChI=1S/C25H29N3O5/c1-25(2)20-16-19(32-3)10-11-21(20)28(14-5-15-29)22(25)12-13-26-27-23(30)17-6-8-18(9-7-17)24(31)33-4/h6-13,16,29H,5,14-15H2,1-4H3,(H,27,30)/b22-12-,26-13+. The van der Waals surface area contributed by atoms with Crippen LogP contribution in [0, 0.1) is 0 Å². The van der Waals surface area contributed by atoms with Crippen molar-refractivity contribution < 1.29 is 24.2 Å². The van der Waals surface area contributed by atoms with Crippen molar-refractivity contribution in [2.45, 2.75) is 25.7 Å². The van der Waals surface area contributed by atoms with E-state index in [-0.39, 0.29) is 12.0 Å². The number of esters is 1. The highest BCUT2D eigenvalue weighted by Crippen LogP contribution is 2.48. The minimum atomic E-state index is -0.463. The Morgan fingerprint density at radius 1 is 1.12 bits per heavy atom. The molecular formula is C25H29N3O5. The van der Waals surface area contributed by atoms with Crippen LogP contribution in [0.4, 0.5) is 5.69 Å². The summed E-state index contributed by atoms with van der Waals surface area (Å²) in [5.74, 6) is -0.0728. The average Bonchev–Trinajstić information content (AvgIpc) is 3.05. The third-order valence-corrected chi connectivity index (χ3v) is 5.68. The van der Waals surface area contributed by atoms with Gasteiger partial charge < -0.3 is 19.5 Å². The van der Waals surface area contributed by atoms with Gasteiger partial charge in [-0.15, -0.1) is 0 Å². The van der Waals surface area contributed by atoms with Gasteiger partial charge in [0.25, 0.3) is 5.91 Å². The Bertz CT molecular complexity index is 1070. The number of aliphatic hydroxyl groups is 1. The molecule has 2 aromatic carbocycles. The second kappa shape index (κ2) is 10.3. The number of hydrogen-bond donors (Lipinski definition) is 2. The van der Waals surface area contributed by atoms with Crippen molar-refractivity contribution in [3.63, 3.8) is 0 Å². The molecular weight excluding hydrogens is 422 g/mol. The summed E-state index contributed by atoms with van der Waals surface area (Å²) in [5, 5.41) is 13.4. The van der Waals surface area contributed by atoms with Crippen LogP contribution in [0.1, 0.15) is 46.5 Å². The first-order chi connectivity index (χ1) is 15.8. The molecule has 0 atom stereocenters. The summed E-state index contributed by atoms with van der Waals surface area (Å²) in [7, 11) is 2.94. The lowest BCUT2D eigenvalue weighted by Crippen LogP contribution is -2.27. The summed E-state index contributed by atoms with van der Waals surface area (Å²) in [5.41, 5.74) is 6.10. The van der Waals surface area contributed by atoms with Crippen molar-refractivity contribution >= 4 is 23.8 Å². The highest BCUT2D eigenvalue weighted by atomic mass is 16.5. The number of fused-ring (bicyclic) bond motifs is 1. The second-order valence-corrected chi connectivity index (χ2v) is 8.08. The lowest BCUT2D eigenvalue weighted by molar-refractivity contribution is 0.0600. The maximum atomic E-state index is 12.4. The van der Waals surface area contributed by atoms with E-state index in [1.54, 1.807) is 13.3 Å². The SMILES string of the molecule is COC(=O)c1ccc(C(=O)N/N=C/C=C2\N(CCCO)c3ccc(OC)cc3C2(C)C)cc1. The first kappa shape index (κ1) is 24.0. The van der Waals surface area contributed by atoms with E-state index in [1.807, 2.05) is 24.3 Å². The molecule has 1 aliphatic rings. The van der Waals surface area contributed by atoms with Crippen molar-refractivity contribution in [2.75, 3.05) is 32.3 Å². The number of nitrogens with zero attached hydrogens (tertiary/aromatic N) is 2. The maximum Gasteiger partial charge on any atom is 0.337 e. The second-order valence-electron chi connectivity index (χ2n) is 8.08. The van der Waals surface area contributed by atoms with Gasteiger partial charge in [-0.05, 0) is 60.5 Å².